The number of hydrogen-bond donors (Lipinski definition) is 1. The van der Waals surface area contributed by atoms with Crippen molar-refractivity contribution in [2.75, 3.05) is 39.3 Å². The highest BCUT2D eigenvalue weighted by molar-refractivity contribution is 5.47. The maximum Gasteiger partial charge on any atom is 0.422 e. The highest BCUT2D eigenvalue weighted by Crippen LogP contribution is 2.46. The van der Waals surface area contributed by atoms with Crippen LogP contribution in [0.5, 0.6) is 0 Å². The van der Waals surface area contributed by atoms with Gasteiger partial charge in [-0.3, -0.25) is 9.38 Å². The number of allylic oxidation sites excluding steroid dienone is 6. The van der Waals surface area contributed by atoms with Crippen molar-refractivity contribution < 1.29 is 22.4 Å². The van der Waals surface area contributed by atoms with Crippen LogP contribution in [0.15, 0.2) is 89.7 Å². The average molecular weight is 457 g/mol. The van der Waals surface area contributed by atoms with Gasteiger partial charge in [0.25, 0.3) is 0 Å². The van der Waals surface area contributed by atoms with Gasteiger partial charge in [0.05, 0.1) is 6.54 Å². The van der Waals surface area contributed by atoms with Crippen molar-refractivity contribution in [1.29, 1.82) is 0 Å². The zero-order chi connectivity index (χ0) is 22.9. The molecule has 1 saturated heterocycles. The average Bonchev–Trinajstić information content (AvgIpc) is 3.21. The number of ether oxygens (including phenoxy) is 1. The summed E-state index contributed by atoms with van der Waals surface area (Å²) in [6.07, 6.45) is 7.05. The van der Waals surface area contributed by atoms with Crippen molar-refractivity contribution in [3.8, 4) is 0 Å². The van der Waals surface area contributed by atoms with E-state index in [1.165, 1.54) is 6.20 Å². The summed E-state index contributed by atoms with van der Waals surface area (Å²) in [5, 5.41) is 3.36. The van der Waals surface area contributed by atoms with Crippen molar-refractivity contribution in [2.45, 2.75) is 25.1 Å². The lowest BCUT2D eigenvalue weighted by atomic mass is 9.95. The Hall–Kier alpha value is -2.61. The summed E-state index contributed by atoms with van der Waals surface area (Å²) in [6, 6.07) is 9.72. The van der Waals surface area contributed by atoms with Gasteiger partial charge in [0.15, 0.2) is 12.0 Å². The lowest BCUT2D eigenvalue weighted by Gasteiger charge is -2.43. The number of quaternary nitrogens is 1. The number of hydrogen-bond acceptors (Lipinski definition) is 3. The van der Waals surface area contributed by atoms with Crippen LogP contribution in [0.25, 0.3) is 0 Å². The number of halogens is 3. The molecule has 3 aliphatic heterocycles. The first-order valence-corrected chi connectivity index (χ1v) is 11.6. The molecule has 1 fully saturated rings. The lowest BCUT2D eigenvalue weighted by molar-refractivity contribution is -0.862. The Balaban J connectivity index is 1.68. The second-order valence-corrected chi connectivity index (χ2v) is 8.97. The van der Waals surface area contributed by atoms with Crippen LogP contribution in [0.4, 0.5) is 13.2 Å². The van der Waals surface area contributed by atoms with Crippen LogP contribution in [0.1, 0.15) is 24.4 Å². The molecule has 0 bridgehead atoms. The normalized spacial score (nSPS) is 29.7. The van der Waals surface area contributed by atoms with Crippen LogP contribution < -0.4 is 5.32 Å². The first-order valence-electron chi connectivity index (χ1n) is 11.6. The molecule has 0 amide bonds. The Morgan fingerprint density at radius 2 is 1.85 bits per heavy atom. The van der Waals surface area contributed by atoms with E-state index < -0.39 is 11.7 Å². The van der Waals surface area contributed by atoms with E-state index in [1.54, 1.807) is 18.4 Å². The quantitative estimate of drug-likeness (QED) is 0.650. The predicted molar refractivity (Wildman–Crippen MR) is 121 cm³/mol. The minimum absolute atomic E-state index is 0.0629. The van der Waals surface area contributed by atoms with Crippen LogP contribution in [0, 0.1) is 0 Å². The van der Waals surface area contributed by atoms with Gasteiger partial charge in [-0.25, -0.2) is 0 Å². The number of nitrogens with zero attached hydrogens (tertiary/aromatic N) is 2. The molecular formula is C26H29F3N3O+. The van der Waals surface area contributed by atoms with Gasteiger partial charge in [0.1, 0.15) is 30.1 Å². The summed E-state index contributed by atoms with van der Waals surface area (Å²) in [5.41, 5.74) is 1.32. The second-order valence-electron chi connectivity index (χ2n) is 8.97. The molecule has 4 aliphatic rings. The minimum Gasteiger partial charge on any atom is -0.462 e. The molecule has 0 radical (unpaired) electrons. The Labute approximate surface area is 192 Å². The summed E-state index contributed by atoms with van der Waals surface area (Å²) >= 11 is 0. The van der Waals surface area contributed by atoms with Crippen molar-refractivity contribution in [1.82, 2.24) is 10.2 Å². The third kappa shape index (κ3) is 4.33. The zero-order valence-electron chi connectivity index (χ0n) is 18.5. The lowest BCUT2D eigenvalue weighted by Crippen LogP contribution is -2.52. The third-order valence-electron chi connectivity index (χ3n) is 6.96. The van der Waals surface area contributed by atoms with Gasteiger partial charge >= 0.3 is 6.18 Å². The summed E-state index contributed by atoms with van der Waals surface area (Å²) in [4.78, 5) is 2.35. The monoisotopic (exact) mass is 456 g/mol. The Morgan fingerprint density at radius 1 is 1.06 bits per heavy atom. The first kappa shape index (κ1) is 22.2. The molecule has 7 heteroatoms. The number of fused-ring (bicyclic) bond motifs is 1. The maximum atomic E-state index is 14.5. The van der Waals surface area contributed by atoms with Gasteiger partial charge in [-0.2, -0.15) is 13.2 Å². The third-order valence-corrected chi connectivity index (χ3v) is 6.96. The molecule has 0 spiro atoms. The van der Waals surface area contributed by atoms with E-state index in [0.717, 1.165) is 37.4 Å². The zero-order valence-corrected chi connectivity index (χ0v) is 18.5. The fraction of sp³-hybridized carbons (Fsp3) is 0.385. The number of benzene rings is 1. The molecular weight excluding hydrogens is 427 g/mol. The van der Waals surface area contributed by atoms with Crippen molar-refractivity contribution in [2.24, 2.45) is 0 Å². The van der Waals surface area contributed by atoms with E-state index in [9.17, 15) is 13.2 Å². The number of rotatable bonds is 4. The summed E-state index contributed by atoms with van der Waals surface area (Å²) in [6.45, 7) is 4.63. The molecule has 33 heavy (non-hydrogen) atoms. The van der Waals surface area contributed by atoms with Crippen LogP contribution in [-0.4, -0.2) is 54.8 Å². The van der Waals surface area contributed by atoms with Gasteiger partial charge in [-0.1, -0.05) is 42.5 Å². The Kier molecular flexibility index (Phi) is 6.03. The van der Waals surface area contributed by atoms with Gasteiger partial charge in [-0.05, 0) is 12.5 Å². The van der Waals surface area contributed by atoms with Gasteiger partial charge < -0.3 is 10.1 Å². The van der Waals surface area contributed by atoms with E-state index >= 15 is 0 Å². The van der Waals surface area contributed by atoms with Gasteiger partial charge in [-0.15, -0.1) is 0 Å². The molecule has 1 aromatic rings. The molecule has 4 nitrogen and oxygen atoms in total. The van der Waals surface area contributed by atoms with Crippen LogP contribution in [-0.2, 0) is 4.74 Å². The number of piperazine rings is 1. The molecule has 0 saturated carbocycles. The fourth-order valence-electron chi connectivity index (χ4n) is 5.25. The van der Waals surface area contributed by atoms with Crippen molar-refractivity contribution in [3.63, 3.8) is 0 Å². The van der Waals surface area contributed by atoms with E-state index in [4.69, 9.17) is 4.74 Å². The largest absolute Gasteiger partial charge is 0.462 e. The summed E-state index contributed by atoms with van der Waals surface area (Å²) < 4.78 is 49.6. The standard InChI is InChI=1S/C26H29F3N3O/c27-26(28,29)23-18-32(16-6-9-21(32)19-33-25-11-5-4-10-22(23)25)24(20-7-2-1-3-8-20)17-31-14-12-30-13-15-31/h1-4,6-10,18-19,24,30H,5,11-17H2/q+1/b21-19-,23-18+. The van der Waals surface area contributed by atoms with E-state index in [-0.39, 0.29) is 16.1 Å². The smallest absolute Gasteiger partial charge is 0.422 e. The molecule has 174 valence electrons. The second kappa shape index (κ2) is 8.97. The van der Waals surface area contributed by atoms with E-state index in [2.05, 4.69) is 10.2 Å². The number of alkyl halides is 3. The Morgan fingerprint density at radius 3 is 2.61 bits per heavy atom. The molecule has 1 N–H and O–H groups in total. The first-order chi connectivity index (χ1) is 16.0. The molecule has 0 aromatic heterocycles. The summed E-state index contributed by atoms with van der Waals surface area (Å²) in [5.74, 6) is 0.394. The van der Waals surface area contributed by atoms with Crippen LogP contribution in [0.2, 0.25) is 0 Å². The molecule has 5 rings (SSSR count). The SMILES string of the molecule is FC(F)(F)/C1=C/[N+]2(C(CN3CCNCC3)c3ccccc3)CC=C/C2=C/OC2=C1C=CCC2. The number of nitrogens with one attached hydrogen (secondary N) is 1. The van der Waals surface area contributed by atoms with Crippen molar-refractivity contribution >= 4 is 0 Å². The molecule has 1 aromatic carbocycles. The van der Waals surface area contributed by atoms with Crippen LogP contribution >= 0.6 is 0 Å². The van der Waals surface area contributed by atoms with E-state index in [0.29, 0.717) is 31.7 Å². The molecule has 3 heterocycles. The van der Waals surface area contributed by atoms with Gasteiger partial charge in [0.2, 0.25) is 0 Å². The minimum atomic E-state index is -4.49. The summed E-state index contributed by atoms with van der Waals surface area (Å²) in [7, 11) is 0. The molecule has 2 unspecified atom stereocenters. The maximum absolute atomic E-state index is 14.5. The fourth-order valence-corrected chi connectivity index (χ4v) is 5.25. The highest BCUT2D eigenvalue weighted by atomic mass is 19.4. The predicted octanol–water partition coefficient (Wildman–Crippen LogP) is 4.94. The molecule has 2 atom stereocenters. The topological polar surface area (TPSA) is 24.5 Å². The molecule has 1 aliphatic carbocycles. The van der Waals surface area contributed by atoms with Crippen molar-refractivity contribution in [3.05, 3.63) is 95.3 Å². The Bertz CT molecular complexity index is 1030. The van der Waals surface area contributed by atoms with Crippen LogP contribution in [0.3, 0.4) is 0 Å². The van der Waals surface area contributed by atoms with E-state index in [1.807, 2.05) is 42.5 Å². The highest BCUT2D eigenvalue weighted by Gasteiger charge is 2.49. The van der Waals surface area contributed by atoms with Gasteiger partial charge in [0, 0.05) is 49.8 Å².